The van der Waals surface area contributed by atoms with Gasteiger partial charge in [-0.2, -0.15) is 0 Å². The molecule has 31 heavy (non-hydrogen) atoms. The molecule has 0 spiro atoms. The van der Waals surface area contributed by atoms with E-state index in [1.807, 2.05) is 30.3 Å². The Morgan fingerprint density at radius 3 is 2.29 bits per heavy atom. The maximum atomic E-state index is 13.7. The average molecular weight is 438 g/mol. The molecule has 0 radical (unpaired) electrons. The fourth-order valence-electron chi connectivity index (χ4n) is 3.88. The number of carbonyl (C=O) groups is 1. The highest BCUT2D eigenvalue weighted by Crippen LogP contribution is 2.42. The highest BCUT2D eigenvalue weighted by molar-refractivity contribution is 7.92. The lowest BCUT2D eigenvalue weighted by molar-refractivity contribution is -0.118. The fourth-order valence-corrected chi connectivity index (χ4v) is 5.79. The van der Waals surface area contributed by atoms with Gasteiger partial charge in [-0.25, -0.2) is 8.42 Å². The van der Waals surface area contributed by atoms with Gasteiger partial charge >= 0.3 is 0 Å². The van der Waals surface area contributed by atoms with Gasteiger partial charge in [0.1, 0.15) is 0 Å². The molecule has 0 aromatic heterocycles. The molecule has 0 N–H and O–H groups in total. The third-order valence-electron chi connectivity index (χ3n) is 5.46. The summed E-state index contributed by atoms with van der Waals surface area (Å²) < 4.78 is 38.0. The van der Waals surface area contributed by atoms with E-state index in [9.17, 15) is 13.2 Å². The van der Waals surface area contributed by atoms with Gasteiger partial charge in [-0.1, -0.05) is 48.5 Å². The number of hydrogen-bond donors (Lipinski definition) is 0. The molecular weight excluding hydrogens is 414 g/mol. The molecule has 0 fully saturated rings. The number of para-hydroxylation sites is 1. The first-order valence-corrected chi connectivity index (χ1v) is 11.4. The van der Waals surface area contributed by atoms with Gasteiger partial charge in [-0.05, 0) is 35.4 Å². The van der Waals surface area contributed by atoms with Gasteiger partial charge < -0.3 is 14.4 Å². The number of benzene rings is 3. The number of fused-ring (bicyclic) bond motifs is 1. The largest absolute Gasteiger partial charge is 0.493 e. The van der Waals surface area contributed by atoms with E-state index in [0.717, 1.165) is 5.56 Å². The van der Waals surface area contributed by atoms with Crippen molar-refractivity contribution in [3.8, 4) is 11.5 Å². The smallest absolute Gasteiger partial charge is 0.229 e. The lowest BCUT2D eigenvalue weighted by atomic mass is 10.1. The fraction of sp³-hybridized carbons (Fsp3) is 0.208. The normalized spacial score (nSPS) is 17.5. The highest BCUT2D eigenvalue weighted by Gasteiger charge is 2.39. The summed E-state index contributed by atoms with van der Waals surface area (Å²) in [5.41, 5.74) is 1.81. The predicted molar refractivity (Wildman–Crippen MR) is 118 cm³/mol. The van der Waals surface area contributed by atoms with Crippen molar-refractivity contribution >= 4 is 21.4 Å². The first kappa shape index (κ1) is 20.9. The summed E-state index contributed by atoms with van der Waals surface area (Å²) in [7, 11) is -0.828. The van der Waals surface area contributed by atoms with Crippen LogP contribution < -0.4 is 14.4 Å². The number of nitrogens with zero attached hydrogens (tertiary/aromatic N) is 1. The minimum atomic E-state index is -3.83. The van der Waals surface area contributed by atoms with E-state index in [4.69, 9.17) is 9.47 Å². The molecular formula is C24H23NO5S. The zero-order chi connectivity index (χ0) is 22.0. The minimum absolute atomic E-state index is 0.150. The third kappa shape index (κ3) is 3.88. The van der Waals surface area contributed by atoms with Crippen LogP contribution in [0.4, 0.5) is 5.69 Å². The van der Waals surface area contributed by atoms with Crippen LogP contribution in [0.25, 0.3) is 0 Å². The monoisotopic (exact) mass is 437 g/mol. The van der Waals surface area contributed by atoms with Crippen LogP contribution in [0, 0.1) is 0 Å². The molecule has 0 unspecified atom stereocenters. The molecule has 1 atom stereocenters. The van der Waals surface area contributed by atoms with E-state index < -0.39 is 15.1 Å². The Bertz CT molecular complexity index is 1210. The molecule has 1 amide bonds. The van der Waals surface area contributed by atoms with Crippen LogP contribution in [0.5, 0.6) is 11.5 Å². The number of rotatable bonds is 5. The quantitative estimate of drug-likeness (QED) is 0.599. The average Bonchev–Trinajstić information content (AvgIpc) is 2.88. The van der Waals surface area contributed by atoms with E-state index in [0.29, 0.717) is 29.3 Å². The first-order chi connectivity index (χ1) is 15.0. The molecule has 160 valence electrons. The Morgan fingerprint density at radius 1 is 0.903 bits per heavy atom. The van der Waals surface area contributed by atoms with Gasteiger partial charge in [0.25, 0.3) is 0 Å². The van der Waals surface area contributed by atoms with Gasteiger partial charge in [0.2, 0.25) is 5.91 Å². The summed E-state index contributed by atoms with van der Waals surface area (Å²) in [6.45, 7) is 0.296. The minimum Gasteiger partial charge on any atom is -0.493 e. The van der Waals surface area contributed by atoms with Gasteiger partial charge in [0.15, 0.2) is 21.3 Å². The van der Waals surface area contributed by atoms with Gasteiger partial charge in [0.05, 0.1) is 36.6 Å². The van der Waals surface area contributed by atoms with Crippen LogP contribution in [0.15, 0.2) is 77.7 Å². The van der Waals surface area contributed by atoms with E-state index in [2.05, 4.69) is 0 Å². The molecule has 6 nitrogen and oxygen atoms in total. The zero-order valence-electron chi connectivity index (χ0n) is 17.3. The first-order valence-electron chi connectivity index (χ1n) is 9.85. The lowest BCUT2D eigenvalue weighted by Gasteiger charge is -2.22. The second-order valence-corrected chi connectivity index (χ2v) is 9.38. The summed E-state index contributed by atoms with van der Waals surface area (Å²) >= 11 is 0. The summed E-state index contributed by atoms with van der Waals surface area (Å²) in [5.74, 6) is 0.660. The molecule has 1 aliphatic rings. The number of hydrogen-bond acceptors (Lipinski definition) is 5. The highest BCUT2D eigenvalue weighted by atomic mass is 32.2. The zero-order valence-corrected chi connectivity index (χ0v) is 18.1. The maximum Gasteiger partial charge on any atom is 0.229 e. The number of carbonyl (C=O) groups excluding carboxylic acids is 1. The van der Waals surface area contributed by atoms with Crippen molar-refractivity contribution in [3.05, 3.63) is 83.9 Å². The van der Waals surface area contributed by atoms with Crippen molar-refractivity contribution in [1.29, 1.82) is 0 Å². The predicted octanol–water partition coefficient (Wildman–Crippen LogP) is 4.16. The molecule has 1 aliphatic heterocycles. The van der Waals surface area contributed by atoms with Crippen LogP contribution in [0.3, 0.4) is 0 Å². The molecule has 3 aromatic carbocycles. The SMILES string of the molecule is COc1ccc([C@H]2CC(=O)N(Cc3ccccc3)c3ccccc3S2(=O)=O)cc1OC. The van der Waals surface area contributed by atoms with E-state index in [-0.39, 0.29) is 17.2 Å². The molecule has 0 saturated carbocycles. The van der Waals surface area contributed by atoms with Crippen molar-refractivity contribution < 1.29 is 22.7 Å². The van der Waals surface area contributed by atoms with Crippen LogP contribution in [-0.4, -0.2) is 28.5 Å². The Labute approximate surface area is 182 Å². The molecule has 4 rings (SSSR count). The third-order valence-corrected chi connectivity index (χ3v) is 7.61. The van der Waals surface area contributed by atoms with Crippen molar-refractivity contribution in [2.75, 3.05) is 19.1 Å². The maximum absolute atomic E-state index is 13.7. The second-order valence-electron chi connectivity index (χ2n) is 7.29. The van der Waals surface area contributed by atoms with Crippen LogP contribution in [0.2, 0.25) is 0 Å². The number of anilines is 1. The van der Waals surface area contributed by atoms with E-state index in [1.54, 1.807) is 47.4 Å². The summed E-state index contributed by atoms with van der Waals surface area (Å²) in [4.78, 5) is 15.0. The van der Waals surface area contributed by atoms with Crippen molar-refractivity contribution in [3.63, 3.8) is 0 Å². The van der Waals surface area contributed by atoms with Gasteiger partial charge in [0, 0.05) is 6.42 Å². The number of sulfone groups is 1. The van der Waals surface area contributed by atoms with Crippen molar-refractivity contribution in [2.45, 2.75) is 23.1 Å². The Morgan fingerprint density at radius 2 is 1.58 bits per heavy atom. The molecule has 0 bridgehead atoms. The van der Waals surface area contributed by atoms with Crippen LogP contribution in [-0.2, 0) is 21.2 Å². The standard InChI is InChI=1S/C24H23NO5S/c1-29-20-13-12-18(14-21(20)30-2)23-15-24(26)25(16-17-8-4-3-5-9-17)19-10-6-7-11-22(19)31(23,27)28/h3-14,23H,15-16H2,1-2H3/t23-/m1/s1. The van der Waals surface area contributed by atoms with Crippen LogP contribution >= 0.6 is 0 Å². The summed E-state index contributed by atoms with van der Waals surface area (Å²) in [6.07, 6.45) is -0.167. The Hall–Kier alpha value is -3.32. The molecule has 3 aromatic rings. The summed E-state index contributed by atoms with van der Waals surface area (Å²) in [6, 6.07) is 21.2. The van der Waals surface area contributed by atoms with E-state index >= 15 is 0 Å². The Kier molecular flexibility index (Phi) is 5.69. The topological polar surface area (TPSA) is 72.9 Å². The number of amides is 1. The van der Waals surface area contributed by atoms with Crippen molar-refractivity contribution in [1.82, 2.24) is 0 Å². The van der Waals surface area contributed by atoms with Gasteiger partial charge in [-0.3, -0.25) is 4.79 Å². The molecule has 0 aliphatic carbocycles. The number of methoxy groups -OCH3 is 2. The van der Waals surface area contributed by atoms with Gasteiger partial charge in [-0.15, -0.1) is 0 Å². The molecule has 0 saturated heterocycles. The Balaban J connectivity index is 1.83. The lowest BCUT2D eigenvalue weighted by Crippen LogP contribution is -2.30. The molecule has 1 heterocycles. The second kappa shape index (κ2) is 8.43. The van der Waals surface area contributed by atoms with Crippen molar-refractivity contribution in [2.24, 2.45) is 0 Å². The van der Waals surface area contributed by atoms with Crippen LogP contribution in [0.1, 0.15) is 22.8 Å². The number of ether oxygens (including phenoxy) is 2. The summed E-state index contributed by atoms with van der Waals surface area (Å²) in [5, 5.41) is -1.03. The molecule has 7 heteroatoms. The van der Waals surface area contributed by atoms with E-state index in [1.165, 1.54) is 14.2 Å².